The quantitative estimate of drug-likeness (QED) is 0.813. The molecule has 0 aliphatic heterocycles. The first-order valence-corrected chi connectivity index (χ1v) is 6.90. The number of ether oxygens (including phenoxy) is 1. The molecule has 2 aromatic rings. The summed E-state index contributed by atoms with van der Waals surface area (Å²) in [5.41, 5.74) is 1.21. The molecule has 0 aliphatic rings. The fraction of sp³-hybridized carbons (Fsp3) is 0.294. The first kappa shape index (κ1) is 14.6. The summed E-state index contributed by atoms with van der Waals surface area (Å²) in [6.45, 7) is 2.88. The van der Waals surface area contributed by atoms with Gasteiger partial charge in [-0.15, -0.1) is 0 Å². The summed E-state index contributed by atoms with van der Waals surface area (Å²) in [4.78, 5) is 0. The Hall–Kier alpha value is -1.84. The molecule has 0 heterocycles. The van der Waals surface area contributed by atoms with Crippen LogP contribution in [0.25, 0.3) is 0 Å². The fourth-order valence-corrected chi connectivity index (χ4v) is 1.94. The molecule has 0 bridgehead atoms. The average Bonchev–Trinajstić information content (AvgIpc) is 2.52. The van der Waals surface area contributed by atoms with E-state index in [1.165, 1.54) is 5.56 Å². The second kappa shape index (κ2) is 7.68. The van der Waals surface area contributed by atoms with Crippen LogP contribution in [0.15, 0.2) is 60.7 Å². The minimum atomic E-state index is -0.527. The second-order valence-electron chi connectivity index (χ2n) is 4.82. The largest absolute Gasteiger partial charge is 0.491 e. The van der Waals surface area contributed by atoms with Gasteiger partial charge in [-0.1, -0.05) is 48.5 Å². The Morgan fingerprint density at radius 1 is 1.00 bits per heavy atom. The highest BCUT2D eigenvalue weighted by Crippen LogP contribution is 2.11. The maximum absolute atomic E-state index is 9.92. The van der Waals surface area contributed by atoms with Crippen molar-refractivity contribution in [2.75, 3.05) is 13.2 Å². The van der Waals surface area contributed by atoms with E-state index in [9.17, 15) is 5.11 Å². The number of benzene rings is 2. The van der Waals surface area contributed by atoms with E-state index in [1.54, 1.807) is 0 Å². The molecule has 0 aliphatic carbocycles. The Labute approximate surface area is 120 Å². The SMILES string of the molecule is C[C@H](NCC(O)COc1ccccc1)c1ccccc1. The van der Waals surface area contributed by atoms with Crippen molar-refractivity contribution in [3.8, 4) is 5.75 Å². The third-order valence-corrected chi connectivity index (χ3v) is 3.14. The van der Waals surface area contributed by atoms with E-state index in [-0.39, 0.29) is 6.04 Å². The van der Waals surface area contributed by atoms with Crippen LogP contribution in [-0.4, -0.2) is 24.4 Å². The molecule has 2 rings (SSSR count). The lowest BCUT2D eigenvalue weighted by Crippen LogP contribution is -2.33. The minimum Gasteiger partial charge on any atom is -0.491 e. The predicted molar refractivity (Wildman–Crippen MR) is 80.8 cm³/mol. The second-order valence-corrected chi connectivity index (χ2v) is 4.82. The maximum atomic E-state index is 9.92. The number of nitrogens with one attached hydrogen (secondary N) is 1. The van der Waals surface area contributed by atoms with E-state index in [4.69, 9.17) is 4.74 Å². The first-order valence-electron chi connectivity index (χ1n) is 6.90. The van der Waals surface area contributed by atoms with Gasteiger partial charge in [0.2, 0.25) is 0 Å². The van der Waals surface area contributed by atoms with E-state index < -0.39 is 6.10 Å². The summed E-state index contributed by atoms with van der Waals surface area (Å²) in [5, 5.41) is 13.2. The topological polar surface area (TPSA) is 41.5 Å². The van der Waals surface area contributed by atoms with Crippen LogP contribution in [0.1, 0.15) is 18.5 Å². The van der Waals surface area contributed by atoms with Crippen LogP contribution in [0.5, 0.6) is 5.75 Å². The number of hydrogen-bond donors (Lipinski definition) is 2. The average molecular weight is 271 g/mol. The van der Waals surface area contributed by atoms with Crippen molar-refractivity contribution in [3.63, 3.8) is 0 Å². The van der Waals surface area contributed by atoms with Gasteiger partial charge >= 0.3 is 0 Å². The van der Waals surface area contributed by atoms with Crippen molar-refractivity contribution in [1.82, 2.24) is 5.32 Å². The van der Waals surface area contributed by atoms with Crippen molar-refractivity contribution in [3.05, 3.63) is 66.2 Å². The summed E-state index contributed by atoms with van der Waals surface area (Å²) >= 11 is 0. The van der Waals surface area contributed by atoms with Crippen molar-refractivity contribution in [1.29, 1.82) is 0 Å². The zero-order valence-corrected chi connectivity index (χ0v) is 11.7. The first-order chi connectivity index (χ1) is 9.75. The normalized spacial score (nSPS) is 13.7. The molecule has 0 radical (unpaired) electrons. The number of para-hydroxylation sites is 1. The van der Waals surface area contributed by atoms with Gasteiger partial charge < -0.3 is 15.2 Å². The summed E-state index contributed by atoms with van der Waals surface area (Å²) in [7, 11) is 0. The van der Waals surface area contributed by atoms with Crippen LogP contribution in [0, 0.1) is 0 Å². The highest BCUT2D eigenvalue weighted by molar-refractivity contribution is 5.21. The molecule has 2 aromatic carbocycles. The smallest absolute Gasteiger partial charge is 0.119 e. The highest BCUT2D eigenvalue weighted by atomic mass is 16.5. The molecule has 0 fully saturated rings. The lowest BCUT2D eigenvalue weighted by Gasteiger charge is -2.18. The van der Waals surface area contributed by atoms with Gasteiger partial charge in [0.15, 0.2) is 0 Å². The standard InChI is InChI=1S/C17H21NO2/c1-14(15-8-4-2-5-9-15)18-12-16(19)13-20-17-10-6-3-7-11-17/h2-11,14,16,18-19H,12-13H2,1H3/t14-,16?/m0/s1. The lowest BCUT2D eigenvalue weighted by molar-refractivity contribution is 0.104. The Balaban J connectivity index is 1.71. The van der Waals surface area contributed by atoms with Gasteiger partial charge in [0.1, 0.15) is 18.5 Å². The van der Waals surface area contributed by atoms with E-state index >= 15 is 0 Å². The lowest BCUT2D eigenvalue weighted by atomic mass is 10.1. The molecular formula is C17H21NO2. The minimum absolute atomic E-state index is 0.211. The van der Waals surface area contributed by atoms with Crippen molar-refractivity contribution < 1.29 is 9.84 Å². The molecule has 1 unspecified atom stereocenters. The third kappa shape index (κ3) is 4.68. The molecule has 2 N–H and O–H groups in total. The molecule has 3 nitrogen and oxygen atoms in total. The van der Waals surface area contributed by atoms with Gasteiger partial charge in [-0.2, -0.15) is 0 Å². The molecule has 106 valence electrons. The highest BCUT2D eigenvalue weighted by Gasteiger charge is 2.09. The van der Waals surface area contributed by atoms with Crippen LogP contribution in [0.2, 0.25) is 0 Å². The van der Waals surface area contributed by atoms with Gasteiger partial charge in [-0.3, -0.25) is 0 Å². The van der Waals surface area contributed by atoms with Gasteiger partial charge in [0, 0.05) is 12.6 Å². The van der Waals surface area contributed by atoms with Crippen molar-refractivity contribution >= 4 is 0 Å². The zero-order valence-electron chi connectivity index (χ0n) is 11.7. The van der Waals surface area contributed by atoms with Crippen LogP contribution >= 0.6 is 0 Å². The summed E-state index contributed by atoms with van der Waals surface area (Å²) in [5.74, 6) is 0.780. The molecular weight excluding hydrogens is 250 g/mol. The molecule has 0 saturated carbocycles. The predicted octanol–water partition coefficient (Wildman–Crippen LogP) is 2.78. The molecule has 20 heavy (non-hydrogen) atoms. The van der Waals surface area contributed by atoms with Crippen LogP contribution in [0.4, 0.5) is 0 Å². The molecule has 2 atom stereocenters. The van der Waals surface area contributed by atoms with E-state index in [0.717, 1.165) is 5.75 Å². The Kier molecular flexibility index (Phi) is 5.59. The molecule has 3 heteroatoms. The number of rotatable bonds is 7. The maximum Gasteiger partial charge on any atom is 0.119 e. The van der Waals surface area contributed by atoms with Crippen LogP contribution < -0.4 is 10.1 Å². The van der Waals surface area contributed by atoms with Crippen molar-refractivity contribution in [2.24, 2.45) is 0 Å². The monoisotopic (exact) mass is 271 g/mol. The van der Waals surface area contributed by atoms with E-state index in [2.05, 4.69) is 24.4 Å². The van der Waals surface area contributed by atoms with Crippen molar-refractivity contribution in [2.45, 2.75) is 19.1 Å². The van der Waals surface area contributed by atoms with Gasteiger partial charge in [0.05, 0.1) is 0 Å². The fourth-order valence-electron chi connectivity index (χ4n) is 1.94. The molecule has 0 spiro atoms. The summed E-state index contributed by atoms with van der Waals surface area (Å²) in [6, 6.07) is 19.9. The Bertz CT molecular complexity index is 487. The Morgan fingerprint density at radius 3 is 2.25 bits per heavy atom. The number of hydrogen-bond acceptors (Lipinski definition) is 3. The Morgan fingerprint density at radius 2 is 1.60 bits per heavy atom. The van der Waals surface area contributed by atoms with Crippen LogP contribution in [0.3, 0.4) is 0 Å². The van der Waals surface area contributed by atoms with Gasteiger partial charge in [0.25, 0.3) is 0 Å². The van der Waals surface area contributed by atoms with Gasteiger partial charge in [-0.05, 0) is 24.6 Å². The molecule has 0 saturated heterocycles. The summed E-state index contributed by atoms with van der Waals surface area (Å²) < 4.78 is 5.52. The van der Waals surface area contributed by atoms with E-state index in [0.29, 0.717) is 13.2 Å². The van der Waals surface area contributed by atoms with Gasteiger partial charge in [-0.25, -0.2) is 0 Å². The number of aliphatic hydroxyl groups is 1. The molecule has 0 aromatic heterocycles. The zero-order chi connectivity index (χ0) is 14.2. The number of aliphatic hydroxyl groups excluding tert-OH is 1. The molecule has 0 amide bonds. The third-order valence-electron chi connectivity index (χ3n) is 3.14. The van der Waals surface area contributed by atoms with Crippen LogP contribution in [-0.2, 0) is 0 Å². The van der Waals surface area contributed by atoms with E-state index in [1.807, 2.05) is 48.5 Å². The summed E-state index contributed by atoms with van der Waals surface area (Å²) in [6.07, 6.45) is -0.527.